The number of piperidine rings is 1. The average molecular weight is 732 g/mol. The summed E-state index contributed by atoms with van der Waals surface area (Å²) >= 11 is 0. The number of fused-ring (bicyclic) bond motifs is 4. The monoisotopic (exact) mass is 731 g/mol. The normalized spacial score (nSPS) is 22.8. The molecule has 5 aliphatic heterocycles. The van der Waals surface area contributed by atoms with Crippen molar-refractivity contribution in [1.29, 1.82) is 0 Å². The molecule has 2 atom stereocenters. The zero-order valence-electron chi connectivity index (χ0n) is 31.3. The van der Waals surface area contributed by atoms with E-state index in [1.165, 1.54) is 19.3 Å². The zero-order chi connectivity index (χ0) is 36.5. The number of pyridine rings is 1. The fraction of sp³-hybridized carbons (Fsp3) is 0.524. The van der Waals surface area contributed by atoms with Crippen LogP contribution in [0.15, 0.2) is 47.1 Å². The van der Waals surface area contributed by atoms with Crippen LogP contribution in [0.2, 0.25) is 0 Å². The van der Waals surface area contributed by atoms with E-state index in [0.717, 1.165) is 124 Å². The van der Waals surface area contributed by atoms with E-state index < -0.39 is 5.82 Å². The summed E-state index contributed by atoms with van der Waals surface area (Å²) < 4.78 is 22.5. The first-order valence-corrected chi connectivity index (χ1v) is 20.2. The van der Waals surface area contributed by atoms with Crippen LogP contribution in [-0.4, -0.2) is 101 Å². The van der Waals surface area contributed by atoms with Crippen molar-refractivity contribution >= 4 is 39.3 Å². The fourth-order valence-electron chi connectivity index (χ4n) is 9.94. The van der Waals surface area contributed by atoms with Gasteiger partial charge in [0.15, 0.2) is 11.6 Å². The van der Waals surface area contributed by atoms with E-state index >= 15 is 4.39 Å². The van der Waals surface area contributed by atoms with Crippen molar-refractivity contribution in [3.05, 3.63) is 59.7 Å². The van der Waals surface area contributed by atoms with Crippen LogP contribution >= 0.6 is 0 Å². The lowest BCUT2D eigenvalue weighted by atomic mass is 9.83. The van der Waals surface area contributed by atoms with Crippen LogP contribution in [0.4, 0.5) is 22.0 Å². The predicted molar refractivity (Wildman–Crippen MR) is 210 cm³/mol. The van der Waals surface area contributed by atoms with Gasteiger partial charge in [-0.05, 0) is 91.9 Å². The molecule has 54 heavy (non-hydrogen) atoms. The fourth-order valence-corrected chi connectivity index (χ4v) is 9.94. The summed E-state index contributed by atoms with van der Waals surface area (Å²) in [7, 11) is 0. The Balaban J connectivity index is 0.875. The number of halogens is 1. The molecule has 0 amide bonds. The first kappa shape index (κ1) is 34.0. The Morgan fingerprint density at radius 1 is 0.870 bits per heavy atom. The molecule has 5 saturated heterocycles. The highest BCUT2D eigenvalue weighted by molar-refractivity contribution is 6.01. The molecule has 2 bridgehead atoms. The Morgan fingerprint density at radius 2 is 1.67 bits per heavy atom. The van der Waals surface area contributed by atoms with Crippen molar-refractivity contribution in [3.8, 4) is 17.0 Å². The van der Waals surface area contributed by atoms with Crippen LogP contribution < -0.4 is 20.0 Å². The third-order valence-electron chi connectivity index (χ3n) is 13.0. The number of aromatic nitrogens is 4. The number of hydrogen-bond acceptors (Lipinski definition) is 11. The van der Waals surface area contributed by atoms with Gasteiger partial charge < -0.3 is 29.6 Å². The van der Waals surface area contributed by atoms with Crippen LogP contribution in [0.1, 0.15) is 57.3 Å². The van der Waals surface area contributed by atoms with Crippen LogP contribution in [-0.2, 0) is 12.8 Å². The molecule has 282 valence electrons. The predicted octanol–water partition coefficient (Wildman–Crippen LogP) is 6.17. The van der Waals surface area contributed by atoms with Gasteiger partial charge in [-0.25, -0.2) is 9.37 Å². The molecule has 10 rings (SSSR count). The number of nitrogens with zero attached hydrogens (tertiary/aromatic N) is 8. The molecular formula is C42H50FN9O2. The standard InChI is InChI=1S/C42H50FN9O2/c1-3-27-6-5-7-28-15-32(53)16-34(37(27)28)39-38(43)40-35(18-44-39)41(51-21-29-8-9-30(22-51)45-29)47-42(46-40)52-23-31(24-52)49-12-10-25(11-13-49)14-26-19-50(20-26)36-17-33(4-2)54-48-36/h5-7,15-18,25-26,29-31,45,53H,3-4,8-14,19-24H2,1-2H3. The minimum absolute atomic E-state index is 0.0890. The first-order chi connectivity index (χ1) is 26.4. The Kier molecular flexibility index (Phi) is 8.58. The lowest BCUT2D eigenvalue weighted by molar-refractivity contribution is 0.102. The van der Waals surface area contributed by atoms with E-state index in [0.29, 0.717) is 40.5 Å². The van der Waals surface area contributed by atoms with Gasteiger partial charge in [-0.2, -0.15) is 4.98 Å². The summed E-state index contributed by atoms with van der Waals surface area (Å²) in [6, 6.07) is 12.7. The Labute approximate surface area is 315 Å². The number of aryl methyl sites for hydroxylation is 2. The second kappa shape index (κ2) is 13.6. The van der Waals surface area contributed by atoms with E-state index in [1.54, 1.807) is 18.3 Å². The summed E-state index contributed by atoms with van der Waals surface area (Å²) in [5.41, 5.74) is 2.18. The van der Waals surface area contributed by atoms with Gasteiger partial charge in [-0.15, -0.1) is 0 Å². The lowest BCUT2D eigenvalue weighted by Gasteiger charge is -2.48. The number of aromatic hydroxyl groups is 1. The average Bonchev–Trinajstić information content (AvgIpc) is 3.77. The number of phenolic OH excluding ortho intramolecular Hbond substituents is 1. The molecule has 2 N–H and O–H groups in total. The summed E-state index contributed by atoms with van der Waals surface area (Å²) in [6.45, 7) is 11.9. The Morgan fingerprint density at radius 3 is 2.41 bits per heavy atom. The second-order valence-corrected chi connectivity index (χ2v) is 16.5. The van der Waals surface area contributed by atoms with Crippen molar-refractivity contribution in [2.45, 2.75) is 76.9 Å². The summed E-state index contributed by atoms with van der Waals surface area (Å²) in [5.74, 6) is 4.45. The maximum Gasteiger partial charge on any atom is 0.228 e. The number of piperazine rings is 1. The number of phenols is 1. The highest BCUT2D eigenvalue weighted by atomic mass is 19.1. The van der Waals surface area contributed by atoms with Gasteiger partial charge in [0.1, 0.15) is 28.5 Å². The van der Waals surface area contributed by atoms with E-state index in [9.17, 15) is 5.11 Å². The Hall–Kier alpha value is -4.55. The van der Waals surface area contributed by atoms with Crippen LogP contribution in [0.25, 0.3) is 32.9 Å². The molecule has 0 radical (unpaired) electrons. The first-order valence-electron chi connectivity index (χ1n) is 20.2. The van der Waals surface area contributed by atoms with Crippen LogP contribution in [0.5, 0.6) is 5.75 Å². The van der Waals surface area contributed by atoms with Crippen molar-refractivity contribution < 1.29 is 14.0 Å². The Bertz CT molecular complexity index is 2180. The number of nitrogens with one attached hydrogen (secondary N) is 1. The number of anilines is 3. The molecular weight excluding hydrogens is 682 g/mol. The van der Waals surface area contributed by atoms with Crippen molar-refractivity contribution in [2.75, 3.05) is 67.1 Å². The number of hydrogen-bond donors (Lipinski definition) is 2. The third-order valence-corrected chi connectivity index (χ3v) is 13.0. The molecule has 3 aromatic heterocycles. The lowest BCUT2D eigenvalue weighted by Crippen LogP contribution is -2.61. The largest absolute Gasteiger partial charge is 0.508 e. The zero-order valence-corrected chi connectivity index (χ0v) is 31.3. The van der Waals surface area contributed by atoms with E-state index in [2.05, 4.69) is 56.1 Å². The topological polar surface area (TPSA) is 110 Å². The van der Waals surface area contributed by atoms with E-state index in [1.807, 2.05) is 12.1 Å². The molecule has 5 fully saturated rings. The van der Waals surface area contributed by atoms with Crippen LogP contribution in [0.3, 0.4) is 0 Å². The molecule has 2 unspecified atom stereocenters. The number of benzene rings is 2. The van der Waals surface area contributed by atoms with Gasteiger partial charge in [0, 0.05) is 81.6 Å². The van der Waals surface area contributed by atoms with Crippen molar-refractivity contribution in [1.82, 2.24) is 30.3 Å². The molecule has 0 aliphatic carbocycles. The van der Waals surface area contributed by atoms with E-state index in [-0.39, 0.29) is 11.4 Å². The van der Waals surface area contributed by atoms with Crippen LogP contribution in [0, 0.1) is 17.7 Å². The molecule has 2 aromatic carbocycles. The van der Waals surface area contributed by atoms with Crippen molar-refractivity contribution in [3.63, 3.8) is 0 Å². The minimum atomic E-state index is -0.464. The van der Waals surface area contributed by atoms with Gasteiger partial charge >= 0.3 is 0 Å². The number of rotatable bonds is 9. The third kappa shape index (κ3) is 6.02. The quantitative estimate of drug-likeness (QED) is 0.182. The molecule has 5 aliphatic rings. The van der Waals surface area contributed by atoms with Gasteiger partial charge in [0.05, 0.1) is 5.39 Å². The second-order valence-electron chi connectivity index (χ2n) is 16.5. The highest BCUT2D eigenvalue weighted by Crippen LogP contribution is 2.40. The molecule has 11 nitrogen and oxygen atoms in total. The molecule has 0 saturated carbocycles. The minimum Gasteiger partial charge on any atom is -0.508 e. The SMILES string of the molecule is CCc1cc(N2CC(CC3CCN(C4CN(c5nc(N6CC7CCC(C6)N7)c6cnc(-c7cc(O)cc8cccc(CC)c78)c(F)c6n5)C4)CC3)C2)no1. The molecule has 5 aromatic rings. The summed E-state index contributed by atoms with van der Waals surface area (Å²) in [5, 5.41) is 21.1. The van der Waals surface area contributed by atoms with Gasteiger partial charge in [-0.1, -0.05) is 37.2 Å². The maximum absolute atomic E-state index is 17.1. The molecule has 12 heteroatoms. The smallest absolute Gasteiger partial charge is 0.228 e. The highest BCUT2D eigenvalue weighted by Gasteiger charge is 2.39. The van der Waals surface area contributed by atoms with Gasteiger partial charge in [-0.3, -0.25) is 9.88 Å². The molecule has 8 heterocycles. The van der Waals surface area contributed by atoms with E-state index in [4.69, 9.17) is 19.5 Å². The maximum atomic E-state index is 17.1. The summed E-state index contributed by atoms with van der Waals surface area (Å²) in [4.78, 5) is 24.5. The van der Waals surface area contributed by atoms with Gasteiger partial charge in [0.2, 0.25) is 5.95 Å². The summed E-state index contributed by atoms with van der Waals surface area (Å²) in [6.07, 6.45) is 9.47. The molecule has 0 spiro atoms. The van der Waals surface area contributed by atoms with Gasteiger partial charge in [0.25, 0.3) is 0 Å². The number of likely N-dealkylation sites (tertiary alicyclic amines) is 1. The van der Waals surface area contributed by atoms with Crippen molar-refractivity contribution in [2.24, 2.45) is 11.8 Å².